The molecule has 3 fully saturated rings. The molecule has 3 saturated carbocycles. The summed E-state index contributed by atoms with van der Waals surface area (Å²) >= 11 is 8.98. The Labute approximate surface area is 160 Å². The minimum absolute atomic E-state index is 0.517. The maximum Gasteiger partial charge on any atom is 0.0530 e. The van der Waals surface area contributed by atoms with Crippen LogP contribution in [0.25, 0.3) is 0 Å². The fourth-order valence-corrected chi connectivity index (χ4v) is 5.80. The van der Waals surface area contributed by atoms with E-state index in [9.17, 15) is 0 Å². The number of rotatable bonds is 5. The molecule has 2 bridgehead atoms. The van der Waals surface area contributed by atoms with Crippen molar-refractivity contribution in [2.75, 3.05) is 7.05 Å². The second-order valence-corrected chi connectivity index (χ2v) is 8.97. The summed E-state index contributed by atoms with van der Waals surface area (Å²) in [6.45, 7) is 10.4. The van der Waals surface area contributed by atoms with Crippen LogP contribution in [0.2, 0.25) is 0 Å². The van der Waals surface area contributed by atoms with E-state index >= 15 is 0 Å². The molecule has 128 valence electrons. The molecule has 23 heavy (non-hydrogen) atoms. The molecule has 0 saturated heterocycles. The molecule has 0 aliphatic heterocycles. The van der Waals surface area contributed by atoms with E-state index in [2.05, 4.69) is 47.2 Å². The first-order valence-electron chi connectivity index (χ1n) is 8.68. The van der Waals surface area contributed by atoms with Gasteiger partial charge in [0.05, 0.1) is 5.03 Å². The van der Waals surface area contributed by atoms with Gasteiger partial charge in [0.25, 0.3) is 0 Å². The van der Waals surface area contributed by atoms with Crippen LogP contribution < -0.4 is 0 Å². The van der Waals surface area contributed by atoms with E-state index in [1.165, 1.54) is 42.1 Å². The molecule has 1 nitrogen and oxygen atoms in total. The average molecular weight is 446 g/mol. The zero-order chi connectivity index (χ0) is 17.2. The second kappa shape index (κ2) is 7.86. The fraction of sp³-hybridized carbons (Fsp3) is 0.650. The lowest BCUT2D eigenvalue weighted by Gasteiger charge is -2.49. The number of hydrogen-bond donors (Lipinski definition) is 0. The van der Waals surface area contributed by atoms with E-state index in [1.54, 1.807) is 0 Å². The highest BCUT2D eigenvalue weighted by Gasteiger charge is 2.43. The van der Waals surface area contributed by atoms with Crippen LogP contribution in [0, 0.1) is 17.3 Å². The first-order chi connectivity index (χ1) is 10.8. The highest BCUT2D eigenvalue weighted by atomic mass is 127. The summed E-state index contributed by atoms with van der Waals surface area (Å²) in [6, 6.07) is 0. The summed E-state index contributed by atoms with van der Waals surface area (Å²) in [4.78, 5) is 4.37. The van der Waals surface area contributed by atoms with Crippen LogP contribution in [0.15, 0.2) is 37.4 Å². The molecule has 3 heteroatoms. The largest absolute Gasteiger partial charge is 0.293 e. The van der Waals surface area contributed by atoms with Crippen molar-refractivity contribution < 1.29 is 0 Å². The van der Waals surface area contributed by atoms with Gasteiger partial charge in [-0.3, -0.25) is 4.99 Å². The van der Waals surface area contributed by atoms with E-state index in [-0.39, 0.29) is 0 Å². The normalized spacial score (nSPS) is 31.0. The van der Waals surface area contributed by atoms with E-state index in [4.69, 9.17) is 11.6 Å². The first kappa shape index (κ1) is 19.2. The van der Waals surface area contributed by atoms with Crippen LogP contribution in [0.5, 0.6) is 0 Å². The maximum atomic E-state index is 6.55. The van der Waals surface area contributed by atoms with Gasteiger partial charge in [0.1, 0.15) is 0 Å². The molecular weight excluding hydrogens is 417 g/mol. The van der Waals surface area contributed by atoms with Gasteiger partial charge in [-0.05, 0) is 97.8 Å². The van der Waals surface area contributed by atoms with Crippen LogP contribution in [0.1, 0.15) is 59.3 Å². The molecule has 0 aromatic rings. The van der Waals surface area contributed by atoms with Crippen molar-refractivity contribution in [3.05, 3.63) is 32.4 Å². The number of allylic oxidation sites excluding steroid dienone is 5. The van der Waals surface area contributed by atoms with Crippen LogP contribution in [0.4, 0.5) is 0 Å². The fourth-order valence-electron chi connectivity index (χ4n) is 4.21. The number of nitrogens with zero attached hydrogens (tertiary/aromatic N) is 1. The first-order valence-corrected chi connectivity index (χ1v) is 10.1. The smallest absolute Gasteiger partial charge is 0.0530 e. The summed E-state index contributed by atoms with van der Waals surface area (Å²) < 4.78 is 1.22. The lowest BCUT2D eigenvalue weighted by atomic mass is 9.56. The average Bonchev–Trinajstić information content (AvgIpc) is 2.56. The van der Waals surface area contributed by atoms with Gasteiger partial charge in [-0.2, -0.15) is 0 Å². The van der Waals surface area contributed by atoms with Gasteiger partial charge in [0, 0.05) is 21.9 Å². The molecule has 0 spiro atoms. The SMILES string of the molecule is C=C(C)/C(Cl)=C(C(\C)=N/C)/C(I)=C\C(C)C12CCC(CC1)CC2. The number of aliphatic imine (C=N–C) groups is 1. The van der Waals surface area contributed by atoms with E-state index in [0.717, 1.165) is 27.8 Å². The molecule has 1 unspecified atom stereocenters. The van der Waals surface area contributed by atoms with Crippen molar-refractivity contribution in [3.8, 4) is 0 Å². The Balaban J connectivity index is 2.32. The monoisotopic (exact) mass is 445 g/mol. The van der Waals surface area contributed by atoms with Gasteiger partial charge in [-0.15, -0.1) is 0 Å². The van der Waals surface area contributed by atoms with Crippen LogP contribution >= 0.6 is 34.2 Å². The Bertz CT molecular complexity index is 548. The molecule has 0 amide bonds. The molecule has 3 aliphatic rings. The Hall–Kier alpha value is -0.0900. The Morgan fingerprint density at radius 3 is 2.22 bits per heavy atom. The van der Waals surface area contributed by atoms with Crippen molar-refractivity contribution in [1.82, 2.24) is 0 Å². The van der Waals surface area contributed by atoms with Gasteiger partial charge in [-0.25, -0.2) is 0 Å². The third-order valence-corrected chi connectivity index (χ3v) is 7.45. The molecule has 0 radical (unpaired) electrons. The highest BCUT2D eigenvalue weighted by molar-refractivity contribution is 14.1. The Kier molecular flexibility index (Phi) is 6.57. The van der Waals surface area contributed by atoms with Crippen LogP contribution in [0.3, 0.4) is 0 Å². The van der Waals surface area contributed by atoms with Crippen molar-refractivity contribution in [2.45, 2.75) is 59.3 Å². The zero-order valence-corrected chi connectivity index (χ0v) is 17.8. The Morgan fingerprint density at radius 2 is 1.78 bits per heavy atom. The molecule has 3 rings (SSSR count). The standard InChI is InChI=1S/C20H29ClIN/c1-13(2)19(21)18(15(4)23-5)17(22)12-14(3)20-9-6-16(7-10-20)8-11-20/h12,14,16H,1,6-11H2,2-5H3/b17-12+,19-18-,23-15-. The van der Waals surface area contributed by atoms with Gasteiger partial charge < -0.3 is 0 Å². The van der Waals surface area contributed by atoms with Gasteiger partial charge in [0.15, 0.2) is 0 Å². The molecule has 1 atom stereocenters. The van der Waals surface area contributed by atoms with Gasteiger partial charge >= 0.3 is 0 Å². The van der Waals surface area contributed by atoms with Gasteiger partial charge in [0.2, 0.25) is 0 Å². The maximum absolute atomic E-state index is 6.55. The zero-order valence-electron chi connectivity index (χ0n) is 14.9. The number of fused-ring (bicyclic) bond motifs is 3. The summed E-state index contributed by atoms with van der Waals surface area (Å²) in [5.41, 5.74) is 3.45. The molecular formula is C20H29ClIN. The van der Waals surface area contributed by atoms with E-state index < -0.39 is 0 Å². The van der Waals surface area contributed by atoms with Crippen molar-refractivity contribution in [1.29, 1.82) is 0 Å². The predicted octanol–water partition coefficient (Wildman–Crippen LogP) is 7.07. The predicted molar refractivity (Wildman–Crippen MR) is 112 cm³/mol. The molecule has 3 aliphatic carbocycles. The summed E-state index contributed by atoms with van der Waals surface area (Å²) in [7, 11) is 1.83. The second-order valence-electron chi connectivity index (χ2n) is 7.43. The lowest BCUT2D eigenvalue weighted by Crippen LogP contribution is -2.38. The van der Waals surface area contributed by atoms with Crippen molar-refractivity contribution in [3.63, 3.8) is 0 Å². The summed E-state index contributed by atoms with van der Waals surface area (Å²) in [6.07, 6.45) is 10.9. The minimum atomic E-state index is 0.517. The summed E-state index contributed by atoms with van der Waals surface area (Å²) in [5, 5.41) is 0.741. The lowest BCUT2D eigenvalue weighted by molar-refractivity contribution is 0.0322. The number of hydrogen-bond acceptors (Lipinski definition) is 1. The van der Waals surface area contributed by atoms with Crippen molar-refractivity contribution >= 4 is 39.9 Å². The van der Waals surface area contributed by atoms with E-state index in [1.807, 2.05) is 20.9 Å². The molecule has 0 aromatic carbocycles. The van der Waals surface area contributed by atoms with Crippen molar-refractivity contribution in [2.24, 2.45) is 22.2 Å². The molecule has 0 heterocycles. The van der Waals surface area contributed by atoms with Gasteiger partial charge in [-0.1, -0.05) is 31.2 Å². The van der Waals surface area contributed by atoms with Crippen LogP contribution in [-0.2, 0) is 0 Å². The third kappa shape index (κ3) is 4.12. The minimum Gasteiger partial charge on any atom is -0.293 e. The number of halogens is 2. The highest BCUT2D eigenvalue weighted by Crippen LogP contribution is 2.55. The topological polar surface area (TPSA) is 12.4 Å². The molecule has 0 N–H and O–H groups in total. The van der Waals surface area contributed by atoms with Crippen LogP contribution in [-0.4, -0.2) is 12.8 Å². The molecule has 0 aromatic heterocycles. The third-order valence-electron chi connectivity index (χ3n) is 6.04. The quantitative estimate of drug-likeness (QED) is 0.244. The Morgan fingerprint density at radius 1 is 1.26 bits per heavy atom. The van der Waals surface area contributed by atoms with E-state index in [0.29, 0.717) is 11.3 Å². The summed E-state index contributed by atoms with van der Waals surface area (Å²) in [5.74, 6) is 1.60.